The van der Waals surface area contributed by atoms with E-state index in [2.05, 4.69) is 16.0 Å². The van der Waals surface area contributed by atoms with Crippen molar-refractivity contribution in [1.82, 2.24) is 10.6 Å². The average molecular weight is 460 g/mol. The number of methoxy groups -OCH3 is 1. The molecule has 2 aromatic rings. The first-order valence-corrected chi connectivity index (χ1v) is 10.8. The molecule has 2 amide bonds. The summed E-state index contributed by atoms with van der Waals surface area (Å²) < 4.78 is 15.9. The molecule has 0 aromatic heterocycles. The lowest BCUT2D eigenvalue weighted by molar-refractivity contribution is 0.0946. The van der Waals surface area contributed by atoms with Gasteiger partial charge >= 0.3 is 0 Å². The van der Waals surface area contributed by atoms with E-state index < -0.39 is 5.91 Å². The van der Waals surface area contributed by atoms with E-state index in [0.29, 0.717) is 62.0 Å². The maximum Gasteiger partial charge on any atom is 0.261 e. The molecule has 0 aliphatic heterocycles. The Kier molecular flexibility index (Phi) is 11.1. The van der Waals surface area contributed by atoms with E-state index in [-0.39, 0.29) is 11.0 Å². The van der Waals surface area contributed by atoms with Crippen LogP contribution >= 0.6 is 12.2 Å². The van der Waals surface area contributed by atoms with Gasteiger partial charge in [0.2, 0.25) is 0 Å². The number of amides is 2. The summed E-state index contributed by atoms with van der Waals surface area (Å²) in [6.45, 7) is 4.30. The molecule has 0 saturated carbocycles. The second-order valence-corrected chi connectivity index (χ2v) is 7.01. The summed E-state index contributed by atoms with van der Waals surface area (Å²) >= 11 is 5.29. The highest BCUT2D eigenvalue weighted by molar-refractivity contribution is 7.80. The van der Waals surface area contributed by atoms with Crippen LogP contribution in [0.3, 0.4) is 0 Å². The first kappa shape index (κ1) is 25.3. The number of hydrogen-bond acceptors (Lipinski definition) is 6. The lowest BCUT2D eigenvalue weighted by Crippen LogP contribution is -2.35. The van der Waals surface area contributed by atoms with Crippen molar-refractivity contribution in [2.45, 2.75) is 13.3 Å². The van der Waals surface area contributed by atoms with Gasteiger partial charge in [0.05, 0.1) is 23.4 Å². The average Bonchev–Trinajstić information content (AvgIpc) is 2.80. The van der Waals surface area contributed by atoms with E-state index >= 15 is 0 Å². The highest BCUT2D eigenvalue weighted by Gasteiger charge is 2.16. The van der Waals surface area contributed by atoms with Crippen LogP contribution in [0.1, 0.15) is 34.1 Å². The van der Waals surface area contributed by atoms with Gasteiger partial charge in [-0.3, -0.25) is 14.9 Å². The van der Waals surface area contributed by atoms with Crippen LogP contribution in [-0.4, -0.2) is 57.0 Å². The van der Waals surface area contributed by atoms with Crippen molar-refractivity contribution in [2.75, 3.05) is 45.4 Å². The highest BCUT2D eigenvalue weighted by atomic mass is 32.1. The van der Waals surface area contributed by atoms with Crippen LogP contribution in [0.15, 0.2) is 48.5 Å². The Labute approximate surface area is 193 Å². The molecule has 0 heterocycles. The number of para-hydroxylation sites is 2. The quantitative estimate of drug-likeness (QED) is 0.332. The van der Waals surface area contributed by atoms with Crippen LogP contribution in [0.4, 0.5) is 5.69 Å². The van der Waals surface area contributed by atoms with Gasteiger partial charge in [-0.15, -0.1) is 0 Å². The number of nitrogens with one attached hydrogen (secondary N) is 3. The van der Waals surface area contributed by atoms with Crippen molar-refractivity contribution in [3.63, 3.8) is 0 Å². The minimum absolute atomic E-state index is 0.0683. The summed E-state index contributed by atoms with van der Waals surface area (Å²) in [6, 6.07) is 13.8. The SMILES string of the molecule is CCOCCOc1ccccc1C(=O)NC(=S)Nc1ccccc1C(=O)NCCCOC. The van der Waals surface area contributed by atoms with Crippen molar-refractivity contribution in [2.24, 2.45) is 0 Å². The molecule has 3 N–H and O–H groups in total. The second-order valence-electron chi connectivity index (χ2n) is 6.60. The Morgan fingerprint density at radius 1 is 0.938 bits per heavy atom. The van der Waals surface area contributed by atoms with E-state index in [1.165, 1.54) is 0 Å². The molecule has 0 saturated heterocycles. The van der Waals surface area contributed by atoms with Crippen molar-refractivity contribution < 1.29 is 23.8 Å². The molecule has 0 aliphatic rings. The van der Waals surface area contributed by atoms with Gasteiger partial charge in [0.1, 0.15) is 12.4 Å². The third-order valence-corrected chi connectivity index (χ3v) is 4.48. The van der Waals surface area contributed by atoms with Gasteiger partial charge in [-0.05, 0) is 49.8 Å². The Morgan fingerprint density at radius 2 is 1.66 bits per heavy atom. The first-order valence-electron chi connectivity index (χ1n) is 10.3. The van der Waals surface area contributed by atoms with Gasteiger partial charge < -0.3 is 24.8 Å². The van der Waals surface area contributed by atoms with Gasteiger partial charge in [0.15, 0.2) is 5.11 Å². The molecule has 0 atom stereocenters. The highest BCUT2D eigenvalue weighted by Crippen LogP contribution is 2.18. The van der Waals surface area contributed by atoms with Gasteiger partial charge in [0.25, 0.3) is 11.8 Å². The number of hydrogen-bond donors (Lipinski definition) is 3. The van der Waals surface area contributed by atoms with E-state index in [9.17, 15) is 9.59 Å². The summed E-state index contributed by atoms with van der Waals surface area (Å²) in [5, 5.41) is 8.46. The molecule has 172 valence electrons. The fourth-order valence-corrected chi connectivity index (χ4v) is 2.97. The maximum atomic E-state index is 12.7. The van der Waals surface area contributed by atoms with Crippen LogP contribution in [-0.2, 0) is 9.47 Å². The van der Waals surface area contributed by atoms with Crippen LogP contribution < -0.4 is 20.7 Å². The molecule has 0 aliphatic carbocycles. The number of anilines is 1. The van der Waals surface area contributed by atoms with Crippen molar-refractivity contribution in [3.8, 4) is 5.75 Å². The molecule has 32 heavy (non-hydrogen) atoms. The van der Waals surface area contributed by atoms with Crippen LogP contribution in [0.5, 0.6) is 5.75 Å². The molecule has 2 rings (SSSR count). The molecule has 0 unspecified atom stereocenters. The largest absolute Gasteiger partial charge is 0.490 e. The third-order valence-electron chi connectivity index (χ3n) is 4.28. The second kappa shape index (κ2) is 14.1. The van der Waals surface area contributed by atoms with E-state index in [1.807, 2.05) is 6.92 Å². The predicted octanol–water partition coefficient (Wildman–Crippen LogP) is 3.00. The smallest absolute Gasteiger partial charge is 0.261 e. The molecular formula is C23H29N3O5S. The summed E-state index contributed by atoms with van der Waals surface area (Å²) in [5.74, 6) is -0.231. The van der Waals surface area contributed by atoms with Gasteiger partial charge in [-0.2, -0.15) is 0 Å². The van der Waals surface area contributed by atoms with Crippen molar-refractivity contribution in [3.05, 3.63) is 59.7 Å². The number of carbonyl (C=O) groups excluding carboxylic acids is 2. The lowest BCUT2D eigenvalue weighted by atomic mass is 10.1. The fraction of sp³-hybridized carbons (Fsp3) is 0.348. The van der Waals surface area contributed by atoms with E-state index in [1.54, 1.807) is 55.6 Å². The molecular weight excluding hydrogens is 430 g/mol. The minimum atomic E-state index is -0.420. The molecule has 8 nitrogen and oxygen atoms in total. The third kappa shape index (κ3) is 8.26. The summed E-state index contributed by atoms with van der Waals surface area (Å²) in [4.78, 5) is 25.2. The van der Waals surface area contributed by atoms with Gasteiger partial charge in [-0.1, -0.05) is 24.3 Å². The monoisotopic (exact) mass is 459 g/mol. The Bertz CT molecular complexity index is 907. The molecule has 0 spiro atoms. The zero-order valence-electron chi connectivity index (χ0n) is 18.3. The fourth-order valence-electron chi connectivity index (χ4n) is 2.76. The number of thiocarbonyl (C=S) groups is 1. The minimum Gasteiger partial charge on any atom is -0.490 e. The van der Waals surface area contributed by atoms with Crippen LogP contribution in [0.25, 0.3) is 0 Å². The van der Waals surface area contributed by atoms with Crippen molar-refractivity contribution >= 4 is 34.8 Å². The zero-order chi connectivity index (χ0) is 23.2. The van der Waals surface area contributed by atoms with E-state index in [0.717, 1.165) is 0 Å². The standard InChI is InChI=1S/C23H29N3O5S/c1-3-30-15-16-31-20-12-7-5-10-18(20)22(28)26-23(32)25-19-11-6-4-9-17(19)21(27)24-13-8-14-29-2/h4-7,9-12H,3,8,13-16H2,1-2H3,(H,24,27)(H2,25,26,28,32). The van der Waals surface area contributed by atoms with Crippen LogP contribution in [0.2, 0.25) is 0 Å². The summed E-state index contributed by atoms with van der Waals surface area (Å²) in [6.07, 6.45) is 0.707. The topological polar surface area (TPSA) is 97.9 Å². The molecule has 0 bridgehead atoms. The summed E-state index contributed by atoms with van der Waals surface area (Å²) in [7, 11) is 1.61. The first-order chi connectivity index (χ1) is 15.6. The molecule has 9 heteroatoms. The number of ether oxygens (including phenoxy) is 3. The Hall–Kier alpha value is -3.01. The summed E-state index contributed by atoms with van der Waals surface area (Å²) in [5.41, 5.74) is 1.25. The maximum absolute atomic E-state index is 12.7. The number of carbonyl (C=O) groups is 2. The lowest BCUT2D eigenvalue weighted by Gasteiger charge is -2.15. The predicted molar refractivity (Wildman–Crippen MR) is 127 cm³/mol. The number of benzene rings is 2. The van der Waals surface area contributed by atoms with E-state index in [4.69, 9.17) is 26.4 Å². The van der Waals surface area contributed by atoms with Gasteiger partial charge in [-0.25, -0.2) is 0 Å². The van der Waals surface area contributed by atoms with Crippen LogP contribution in [0, 0.1) is 0 Å². The zero-order valence-corrected chi connectivity index (χ0v) is 19.1. The molecule has 2 aromatic carbocycles. The number of rotatable bonds is 12. The Morgan fingerprint density at radius 3 is 2.41 bits per heavy atom. The molecule has 0 radical (unpaired) electrons. The van der Waals surface area contributed by atoms with Gasteiger partial charge in [0, 0.05) is 26.9 Å². The Balaban J connectivity index is 1.98. The molecule has 0 fully saturated rings. The normalized spacial score (nSPS) is 10.3. The van der Waals surface area contributed by atoms with Crippen molar-refractivity contribution in [1.29, 1.82) is 0 Å².